The molecule has 2 aliphatic rings. The molecule has 1 aromatic carbocycles. The Kier molecular flexibility index (Phi) is 6.34. The lowest BCUT2D eigenvalue weighted by Gasteiger charge is -2.25. The molecule has 5 rings (SSSR count). The molecule has 0 spiro atoms. The minimum Gasteiger partial charge on any atom is -0.495 e. The number of para-hydroxylation sites is 1. The monoisotopic (exact) mass is 441 g/mol. The summed E-state index contributed by atoms with van der Waals surface area (Å²) in [6.07, 6.45) is 9.17. The summed E-state index contributed by atoms with van der Waals surface area (Å²) >= 11 is 3.84. The van der Waals surface area contributed by atoms with Crippen molar-refractivity contribution in [2.45, 2.75) is 45.2 Å². The van der Waals surface area contributed by atoms with Crippen molar-refractivity contribution >= 4 is 34.0 Å². The Bertz CT molecular complexity index is 984. The van der Waals surface area contributed by atoms with Crippen LogP contribution in [0.25, 0.3) is 21.5 Å². The Hall–Kier alpha value is -1.50. The predicted octanol–water partition coefficient (Wildman–Crippen LogP) is 5.90. The lowest BCUT2D eigenvalue weighted by Crippen LogP contribution is -2.32. The van der Waals surface area contributed by atoms with Crippen LogP contribution in [0, 0.1) is 5.92 Å². The molecule has 2 fully saturated rings. The summed E-state index contributed by atoms with van der Waals surface area (Å²) in [5.41, 5.74) is 3.69. The van der Waals surface area contributed by atoms with Gasteiger partial charge in [0, 0.05) is 60.2 Å². The van der Waals surface area contributed by atoms with E-state index in [-0.39, 0.29) is 0 Å². The van der Waals surface area contributed by atoms with Crippen molar-refractivity contribution in [3.63, 3.8) is 0 Å². The molecule has 0 unspecified atom stereocenters. The van der Waals surface area contributed by atoms with Gasteiger partial charge in [0.1, 0.15) is 10.8 Å². The summed E-state index contributed by atoms with van der Waals surface area (Å²) in [6.45, 7) is 4.41. The van der Waals surface area contributed by atoms with E-state index in [9.17, 15) is 0 Å². The van der Waals surface area contributed by atoms with Crippen molar-refractivity contribution in [3.05, 3.63) is 35.5 Å². The van der Waals surface area contributed by atoms with Gasteiger partial charge in [-0.15, -0.1) is 11.3 Å². The Labute approximate surface area is 187 Å². The zero-order valence-electron chi connectivity index (χ0n) is 17.8. The van der Waals surface area contributed by atoms with E-state index in [0.29, 0.717) is 0 Å². The highest BCUT2D eigenvalue weighted by Gasteiger charge is 2.21. The van der Waals surface area contributed by atoms with Crippen LogP contribution >= 0.6 is 23.1 Å². The van der Waals surface area contributed by atoms with Gasteiger partial charge in [-0.25, -0.2) is 4.98 Å². The summed E-state index contributed by atoms with van der Waals surface area (Å²) in [5.74, 6) is 4.23. The fourth-order valence-electron chi connectivity index (χ4n) is 4.94. The maximum Gasteiger partial charge on any atom is 0.143 e. The maximum atomic E-state index is 5.77. The summed E-state index contributed by atoms with van der Waals surface area (Å²) in [6, 6.07) is 6.42. The van der Waals surface area contributed by atoms with E-state index < -0.39 is 0 Å². The van der Waals surface area contributed by atoms with E-state index in [4.69, 9.17) is 9.72 Å². The molecule has 0 N–H and O–H groups in total. The van der Waals surface area contributed by atoms with E-state index in [2.05, 4.69) is 51.0 Å². The molecule has 160 valence electrons. The third-order valence-corrected chi connectivity index (χ3v) is 8.40. The lowest BCUT2D eigenvalue weighted by molar-refractivity contribution is 0.292. The molecule has 1 saturated heterocycles. The van der Waals surface area contributed by atoms with Crippen LogP contribution in [0.2, 0.25) is 0 Å². The normalized spacial score (nSPS) is 18.8. The van der Waals surface area contributed by atoms with Crippen LogP contribution in [0.1, 0.15) is 37.8 Å². The van der Waals surface area contributed by atoms with E-state index in [1.165, 1.54) is 78.9 Å². The minimum atomic E-state index is 0.774. The van der Waals surface area contributed by atoms with Gasteiger partial charge in [-0.2, -0.15) is 11.8 Å². The highest BCUT2D eigenvalue weighted by Crippen LogP contribution is 2.38. The van der Waals surface area contributed by atoms with Gasteiger partial charge >= 0.3 is 0 Å². The van der Waals surface area contributed by atoms with Gasteiger partial charge in [-0.3, -0.25) is 4.90 Å². The van der Waals surface area contributed by atoms with E-state index in [1.807, 2.05) is 0 Å². The number of hydrogen-bond donors (Lipinski definition) is 0. The van der Waals surface area contributed by atoms with Gasteiger partial charge in [-0.05, 0) is 24.8 Å². The third-order valence-electron chi connectivity index (χ3n) is 6.53. The van der Waals surface area contributed by atoms with E-state index in [1.54, 1.807) is 18.4 Å². The van der Waals surface area contributed by atoms with Crippen LogP contribution in [0.15, 0.2) is 29.8 Å². The molecule has 1 aliphatic carbocycles. The summed E-state index contributed by atoms with van der Waals surface area (Å²) < 4.78 is 8.21. The Morgan fingerprint density at radius 1 is 1.13 bits per heavy atom. The van der Waals surface area contributed by atoms with Crippen molar-refractivity contribution in [2.75, 3.05) is 31.7 Å². The zero-order chi connectivity index (χ0) is 20.3. The number of aromatic nitrogens is 2. The highest BCUT2D eigenvalue weighted by atomic mass is 32.2. The molecule has 3 heterocycles. The second kappa shape index (κ2) is 9.33. The molecule has 30 heavy (non-hydrogen) atoms. The number of benzene rings is 1. The van der Waals surface area contributed by atoms with Crippen molar-refractivity contribution in [1.82, 2.24) is 14.5 Å². The standard InChI is InChI=1S/C24H31N3OS2/c1-28-22-9-5-8-20-21(16-27(23(20)22)14-18-6-3-2-4-7-18)24-25-19(17-30-24)15-26-10-12-29-13-11-26/h5,8-9,16-18H,2-4,6-7,10-15H2,1H3. The zero-order valence-corrected chi connectivity index (χ0v) is 19.4. The molecular formula is C24H31N3OS2. The first-order valence-electron chi connectivity index (χ1n) is 11.2. The molecular weight excluding hydrogens is 410 g/mol. The van der Waals surface area contributed by atoms with Crippen LogP contribution in [0.3, 0.4) is 0 Å². The van der Waals surface area contributed by atoms with Gasteiger partial charge in [0.2, 0.25) is 0 Å². The topological polar surface area (TPSA) is 30.3 Å². The highest BCUT2D eigenvalue weighted by molar-refractivity contribution is 7.99. The number of hydrogen-bond acceptors (Lipinski definition) is 5. The summed E-state index contributed by atoms with van der Waals surface area (Å²) in [5, 5.41) is 4.65. The largest absolute Gasteiger partial charge is 0.495 e. The Morgan fingerprint density at radius 3 is 2.77 bits per heavy atom. The van der Waals surface area contributed by atoms with Crippen LogP contribution < -0.4 is 4.74 Å². The quantitative estimate of drug-likeness (QED) is 0.476. The van der Waals surface area contributed by atoms with Gasteiger partial charge in [0.05, 0.1) is 18.3 Å². The first kappa shape index (κ1) is 20.4. The molecule has 1 aliphatic heterocycles. The minimum absolute atomic E-state index is 0.774. The molecule has 0 radical (unpaired) electrons. The van der Waals surface area contributed by atoms with Crippen LogP contribution in [0.4, 0.5) is 0 Å². The third kappa shape index (κ3) is 4.27. The smallest absolute Gasteiger partial charge is 0.143 e. The molecule has 0 bridgehead atoms. The predicted molar refractivity (Wildman–Crippen MR) is 129 cm³/mol. The van der Waals surface area contributed by atoms with Gasteiger partial charge in [0.25, 0.3) is 0 Å². The van der Waals surface area contributed by atoms with E-state index in [0.717, 1.165) is 29.8 Å². The molecule has 4 nitrogen and oxygen atoms in total. The second-order valence-electron chi connectivity index (χ2n) is 8.59. The van der Waals surface area contributed by atoms with Gasteiger partial charge < -0.3 is 9.30 Å². The average Bonchev–Trinajstić information content (AvgIpc) is 3.40. The number of thioether (sulfide) groups is 1. The van der Waals surface area contributed by atoms with E-state index >= 15 is 0 Å². The fourth-order valence-corrected chi connectivity index (χ4v) is 6.76. The first-order valence-corrected chi connectivity index (χ1v) is 13.3. The summed E-state index contributed by atoms with van der Waals surface area (Å²) in [4.78, 5) is 7.59. The SMILES string of the molecule is COc1cccc2c(-c3nc(CN4CCSCC4)cs3)cn(CC3CCCCC3)c12. The van der Waals surface area contributed by atoms with Crippen LogP contribution in [-0.4, -0.2) is 46.2 Å². The summed E-state index contributed by atoms with van der Waals surface area (Å²) in [7, 11) is 1.78. The van der Waals surface area contributed by atoms with Crippen LogP contribution in [-0.2, 0) is 13.1 Å². The molecule has 0 amide bonds. The number of fused-ring (bicyclic) bond motifs is 1. The Balaban J connectivity index is 1.46. The number of methoxy groups -OCH3 is 1. The Morgan fingerprint density at radius 2 is 1.97 bits per heavy atom. The molecule has 0 atom stereocenters. The number of rotatable bonds is 6. The molecule has 1 saturated carbocycles. The molecule has 2 aromatic heterocycles. The average molecular weight is 442 g/mol. The van der Waals surface area contributed by atoms with Crippen molar-refractivity contribution in [1.29, 1.82) is 0 Å². The van der Waals surface area contributed by atoms with Crippen molar-refractivity contribution in [3.8, 4) is 16.3 Å². The van der Waals surface area contributed by atoms with Crippen LogP contribution in [0.5, 0.6) is 5.75 Å². The number of thiazole rings is 1. The maximum absolute atomic E-state index is 5.77. The second-order valence-corrected chi connectivity index (χ2v) is 10.7. The molecule has 6 heteroatoms. The number of ether oxygens (including phenoxy) is 1. The van der Waals surface area contributed by atoms with Crippen molar-refractivity contribution in [2.24, 2.45) is 5.92 Å². The first-order chi connectivity index (χ1) is 14.8. The number of nitrogens with zero attached hydrogens (tertiary/aromatic N) is 3. The van der Waals surface area contributed by atoms with Gasteiger partial charge in [0.15, 0.2) is 0 Å². The van der Waals surface area contributed by atoms with Gasteiger partial charge in [-0.1, -0.05) is 31.4 Å². The molecule has 3 aromatic rings. The lowest BCUT2D eigenvalue weighted by atomic mass is 9.89. The fraction of sp³-hybridized carbons (Fsp3) is 0.542. The van der Waals surface area contributed by atoms with Crippen molar-refractivity contribution < 1.29 is 4.74 Å².